The maximum Gasteiger partial charge on any atom is 0.224 e. The maximum atomic E-state index is 12.3. The van der Waals surface area contributed by atoms with E-state index in [9.17, 15) is 4.79 Å². The molecule has 2 N–H and O–H groups in total. The van der Waals surface area contributed by atoms with Crippen molar-refractivity contribution in [1.29, 1.82) is 0 Å². The zero-order chi connectivity index (χ0) is 14.4. The minimum absolute atomic E-state index is 0.150. The van der Waals surface area contributed by atoms with E-state index in [1.165, 1.54) is 0 Å². The average molecular weight is 283 g/mol. The van der Waals surface area contributed by atoms with Gasteiger partial charge in [-0.1, -0.05) is 6.92 Å². The van der Waals surface area contributed by atoms with Gasteiger partial charge in [0.25, 0.3) is 0 Å². The SMILES string of the molecule is CCN(CC1CCCO1)C(CN)CC(=O)N1CCCC1. The fourth-order valence-electron chi connectivity index (χ4n) is 3.24. The molecule has 2 atom stereocenters. The Labute approximate surface area is 122 Å². The Morgan fingerprint density at radius 3 is 2.70 bits per heavy atom. The fraction of sp³-hybridized carbons (Fsp3) is 0.933. The van der Waals surface area contributed by atoms with Crippen molar-refractivity contribution in [2.24, 2.45) is 5.73 Å². The Morgan fingerprint density at radius 2 is 2.15 bits per heavy atom. The van der Waals surface area contributed by atoms with E-state index in [0.29, 0.717) is 19.1 Å². The lowest BCUT2D eigenvalue weighted by molar-refractivity contribution is -0.131. The molecule has 1 amide bonds. The molecule has 2 heterocycles. The van der Waals surface area contributed by atoms with Gasteiger partial charge in [-0.25, -0.2) is 0 Å². The second-order valence-electron chi connectivity index (χ2n) is 5.90. The van der Waals surface area contributed by atoms with Crippen LogP contribution in [0.15, 0.2) is 0 Å². The summed E-state index contributed by atoms with van der Waals surface area (Å²) in [4.78, 5) is 16.6. The Kier molecular flexibility index (Phi) is 6.26. The van der Waals surface area contributed by atoms with E-state index in [4.69, 9.17) is 10.5 Å². The quantitative estimate of drug-likeness (QED) is 0.752. The number of carbonyl (C=O) groups is 1. The molecule has 0 saturated carbocycles. The van der Waals surface area contributed by atoms with E-state index < -0.39 is 0 Å². The number of hydrogen-bond acceptors (Lipinski definition) is 4. The average Bonchev–Trinajstić information content (AvgIpc) is 3.14. The van der Waals surface area contributed by atoms with Crippen molar-refractivity contribution in [2.75, 3.05) is 39.3 Å². The van der Waals surface area contributed by atoms with Crippen molar-refractivity contribution in [3.05, 3.63) is 0 Å². The minimum atomic E-state index is 0.150. The lowest BCUT2D eigenvalue weighted by atomic mass is 10.1. The molecule has 0 spiro atoms. The molecule has 0 aliphatic carbocycles. The summed E-state index contributed by atoms with van der Waals surface area (Å²) in [6.45, 7) is 7.24. The Morgan fingerprint density at radius 1 is 1.40 bits per heavy atom. The summed E-state index contributed by atoms with van der Waals surface area (Å²) in [5.74, 6) is 0.267. The van der Waals surface area contributed by atoms with Gasteiger partial charge < -0.3 is 15.4 Å². The van der Waals surface area contributed by atoms with E-state index in [-0.39, 0.29) is 11.9 Å². The van der Waals surface area contributed by atoms with Crippen LogP contribution in [-0.2, 0) is 9.53 Å². The van der Waals surface area contributed by atoms with E-state index in [2.05, 4.69) is 11.8 Å². The number of nitrogens with two attached hydrogens (primary N) is 1. The highest BCUT2D eigenvalue weighted by Crippen LogP contribution is 2.17. The van der Waals surface area contributed by atoms with Crippen molar-refractivity contribution in [1.82, 2.24) is 9.80 Å². The van der Waals surface area contributed by atoms with Gasteiger partial charge in [-0.15, -0.1) is 0 Å². The zero-order valence-corrected chi connectivity index (χ0v) is 12.7. The number of nitrogens with zero attached hydrogens (tertiary/aromatic N) is 2. The highest BCUT2D eigenvalue weighted by Gasteiger charge is 2.27. The van der Waals surface area contributed by atoms with Crippen molar-refractivity contribution >= 4 is 5.91 Å². The molecule has 2 aliphatic heterocycles. The number of likely N-dealkylation sites (tertiary alicyclic amines) is 1. The molecule has 0 bridgehead atoms. The smallest absolute Gasteiger partial charge is 0.224 e. The van der Waals surface area contributed by atoms with E-state index in [0.717, 1.165) is 58.5 Å². The van der Waals surface area contributed by atoms with Crippen LogP contribution < -0.4 is 5.73 Å². The molecule has 5 heteroatoms. The van der Waals surface area contributed by atoms with Crippen molar-refractivity contribution in [3.63, 3.8) is 0 Å². The molecule has 0 aromatic rings. The van der Waals surface area contributed by atoms with Crippen LogP contribution >= 0.6 is 0 Å². The molecule has 116 valence electrons. The summed E-state index contributed by atoms with van der Waals surface area (Å²) in [6, 6.07) is 0.150. The first-order valence-corrected chi connectivity index (χ1v) is 8.08. The second-order valence-corrected chi connectivity index (χ2v) is 5.90. The van der Waals surface area contributed by atoms with Gasteiger partial charge in [0.05, 0.1) is 6.10 Å². The third kappa shape index (κ3) is 4.17. The van der Waals surface area contributed by atoms with E-state index in [1.54, 1.807) is 0 Å². The van der Waals surface area contributed by atoms with E-state index >= 15 is 0 Å². The largest absolute Gasteiger partial charge is 0.377 e. The molecule has 20 heavy (non-hydrogen) atoms. The Balaban J connectivity index is 1.85. The molecule has 0 aromatic carbocycles. The first-order chi connectivity index (χ1) is 9.74. The van der Waals surface area contributed by atoms with Gasteiger partial charge >= 0.3 is 0 Å². The molecule has 2 rings (SSSR count). The van der Waals surface area contributed by atoms with Crippen LogP contribution in [0.25, 0.3) is 0 Å². The van der Waals surface area contributed by atoms with Crippen LogP contribution in [-0.4, -0.2) is 67.2 Å². The van der Waals surface area contributed by atoms with Crippen molar-refractivity contribution in [2.45, 2.75) is 51.2 Å². The molecule has 2 saturated heterocycles. The lowest BCUT2D eigenvalue weighted by Crippen LogP contribution is -2.47. The van der Waals surface area contributed by atoms with Gasteiger partial charge in [0.2, 0.25) is 5.91 Å². The molecular weight excluding hydrogens is 254 g/mol. The molecule has 0 radical (unpaired) electrons. The summed E-state index contributed by atoms with van der Waals surface area (Å²) in [6.07, 6.45) is 5.46. The minimum Gasteiger partial charge on any atom is -0.377 e. The second kappa shape index (κ2) is 7.96. The van der Waals surface area contributed by atoms with Gasteiger partial charge in [0.15, 0.2) is 0 Å². The van der Waals surface area contributed by atoms with Crippen LogP contribution in [0.1, 0.15) is 39.0 Å². The molecule has 2 unspecified atom stereocenters. The normalized spacial score (nSPS) is 24.6. The summed E-state index contributed by atoms with van der Waals surface area (Å²) in [5, 5.41) is 0. The summed E-state index contributed by atoms with van der Waals surface area (Å²) >= 11 is 0. The van der Waals surface area contributed by atoms with Gasteiger partial charge in [-0.3, -0.25) is 9.69 Å². The van der Waals surface area contributed by atoms with Gasteiger partial charge in [-0.05, 0) is 32.2 Å². The third-order valence-corrected chi connectivity index (χ3v) is 4.53. The molecule has 0 aromatic heterocycles. The number of hydrogen-bond donors (Lipinski definition) is 1. The number of carbonyl (C=O) groups excluding carboxylic acids is 1. The maximum absolute atomic E-state index is 12.3. The highest BCUT2D eigenvalue weighted by atomic mass is 16.5. The summed E-state index contributed by atoms with van der Waals surface area (Å²) in [5.41, 5.74) is 5.92. The zero-order valence-electron chi connectivity index (χ0n) is 12.7. The first kappa shape index (κ1) is 15.7. The number of ether oxygens (including phenoxy) is 1. The van der Waals surface area contributed by atoms with Crippen molar-refractivity contribution < 1.29 is 9.53 Å². The Hall–Kier alpha value is -0.650. The molecule has 2 fully saturated rings. The first-order valence-electron chi connectivity index (χ1n) is 8.08. The lowest BCUT2D eigenvalue weighted by Gasteiger charge is -2.32. The molecule has 5 nitrogen and oxygen atoms in total. The molecular formula is C15H29N3O2. The Bertz CT molecular complexity index is 299. The van der Waals surface area contributed by atoms with Crippen LogP contribution in [0, 0.1) is 0 Å². The number of likely N-dealkylation sites (N-methyl/N-ethyl adjacent to an activating group) is 1. The number of rotatable bonds is 7. The van der Waals surface area contributed by atoms with Gasteiger partial charge in [0.1, 0.15) is 0 Å². The standard InChI is InChI=1S/C15H29N3O2/c1-2-17(12-14-6-5-9-20-14)13(11-16)10-15(19)18-7-3-4-8-18/h13-14H,2-12,16H2,1H3. The van der Waals surface area contributed by atoms with Gasteiger partial charge in [0, 0.05) is 45.2 Å². The fourth-order valence-corrected chi connectivity index (χ4v) is 3.24. The number of amides is 1. The predicted octanol–water partition coefficient (Wildman–Crippen LogP) is 0.827. The monoisotopic (exact) mass is 283 g/mol. The predicted molar refractivity (Wildman–Crippen MR) is 79.5 cm³/mol. The third-order valence-electron chi connectivity index (χ3n) is 4.53. The van der Waals surface area contributed by atoms with Crippen LogP contribution in [0.2, 0.25) is 0 Å². The summed E-state index contributed by atoms with van der Waals surface area (Å²) < 4.78 is 5.71. The van der Waals surface area contributed by atoms with Crippen molar-refractivity contribution in [3.8, 4) is 0 Å². The highest BCUT2D eigenvalue weighted by molar-refractivity contribution is 5.77. The van der Waals surface area contributed by atoms with E-state index in [1.807, 2.05) is 4.90 Å². The van der Waals surface area contributed by atoms with Gasteiger partial charge in [-0.2, -0.15) is 0 Å². The van der Waals surface area contributed by atoms with Crippen LogP contribution in [0.4, 0.5) is 0 Å². The molecule has 2 aliphatic rings. The van der Waals surface area contributed by atoms with Crippen LogP contribution in [0.3, 0.4) is 0 Å². The van der Waals surface area contributed by atoms with Crippen LogP contribution in [0.5, 0.6) is 0 Å². The summed E-state index contributed by atoms with van der Waals surface area (Å²) in [7, 11) is 0. The topological polar surface area (TPSA) is 58.8 Å².